The number of hydrogen-bond acceptors (Lipinski definition) is 4. The number of nitrogens with zero attached hydrogens (tertiary/aromatic N) is 2. The van der Waals surface area contributed by atoms with Crippen LogP contribution in [0.4, 0.5) is 13.2 Å². The van der Waals surface area contributed by atoms with E-state index in [2.05, 4.69) is 0 Å². The zero-order chi connectivity index (χ0) is 23.8. The third kappa shape index (κ3) is 5.38. The number of hydrogen-bond donors (Lipinski definition) is 1. The molecule has 1 saturated heterocycles. The van der Waals surface area contributed by atoms with Gasteiger partial charge in [0.15, 0.2) is 0 Å². The second kappa shape index (κ2) is 9.54. The maximum absolute atomic E-state index is 13.4. The van der Waals surface area contributed by atoms with Gasteiger partial charge in [-0.05, 0) is 62.6 Å². The third-order valence-corrected chi connectivity index (χ3v) is 9.22. The van der Waals surface area contributed by atoms with Gasteiger partial charge in [-0.1, -0.05) is 25.3 Å². The van der Waals surface area contributed by atoms with Gasteiger partial charge in [-0.25, -0.2) is 8.42 Å². The highest BCUT2D eigenvalue weighted by Gasteiger charge is 2.44. The summed E-state index contributed by atoms with van der Waals surface area (Å²) in [6.07, 6.45) is 3.00. The van der Waals surface area contributed by atoms with Crippen molar-refractivity contribution in [2.24, 2.45) is 11.7 Å². The van der Waals surface area contributed by atoms with E-state index in [4.69, 9.17) is 5.73 Å². The first-order chi connectivity index (χ1) is 15.6. The summed E-state index contributed by atoms with van der Waals surface area (Å²) < 4.78 is 67.6. The molecule has 2 N–H and O–H groups in total. The number of halogens is 3. The third-order valence-electron chi connectivity index (χ3n) is 7.22. The second-order valence-corrected chi connectivity index (χ2v) is 11.4. The van der Waals surface area contributed by atoms with Crippen LogP contribution in [-0.4, -0.2) is 54.7 Å². The molecule has 2 saturated carbocycles. The van der Waals surface area contributed by atoms with Crippen LogP contribution in [0.25, 0.3) is 0 Å². The molecule has 1 heterocycles. The standard InChI is InChI=1S/C23H32F3N3O3S/c24-23(25,26)17-7-4-8-20(15-17)33(31,32)29(18-9-10-18)19-11-13-28(14-12-19)22(30)21(27)16-5-2-1-3-6-16/h4,7-8,15-16,18-19,21H,1-3,5-6,9-14,27H2. The van der Waals surface area contributed by atoms with Crippen molar-refractivity contribution in [2.75, 3.05) is 13.1 Å². The summed E-state index contributed by atoms with van der Waals surface area (Å²) in [5, 5.41) is 0. The Morgan fingerprint density at radius 1 is 1.00 bits per heavy atom. The molecule has 0 aromatic heterocycles. The molecule has 0 radical (unpaired) electrons. The Hall–Kier alpha value is -1.65. The average Bonchev–Trinajstić information content (AvgIpc) is 3.63. The van der Waals surface area contributed by atoms with E-state index in [1.807, 2.05) is 0 Å². The summed E-state index contributed by atoms with van der Waals surface area (Å²) in [6, 6.07) is 2.90. The predicted molar refractivity (Wildman–Crippen MR) is 118 cm³/mol. The lowest BCUT2D eigenvalue weighted by molar-refractivity contribution is -0.138. The number of amides is 1. The molecule has 1 amide bonds. The molecule has 3 aliphatic rings. The number of piperidine rings is 1. The summed E-state index contributed by atoms with van der Waals surface area (Å²) >= 11 is 0. The summed E-state index contributed by atoms with van der Waals surface area (Å²) in [5.74, 6) is 0.132. The van der Waals surface area contributed by atoms with Crippen LogP contribution in [0, 0.1) is 5.92 Å². The van der Waals surface area contributed by atoms with Crippen LogP contribution in [-0.2, 0) is 21.0 Å². The minimum Gasteiger partial charge on any atom is -0.341 e. The molecule has 4 rings (SSSR count). The van der Waals surface area contributed by atoms with Gasteiger partial charge in [0.05, 0.1) is 16.5 Å². The Balaban J connectivity index is 1.45. The molecule has 184 valence electrons. The van der Waals surface area contributed by atoms with Crippen molar-refractivity contribution in [3.05, 3.63) is 29.8 Å². The first-order valence-corrected chi connectivity index (χ1v) is 13.3. The molecule has 2 aliphatic carbocycles. The number of carbonyl (C=O) groups is 1. The molecular weight excluding hydrogens is 455 g/mol. The van der Waals surface area contributed by atoms with Crippen LogP contribution >= 0.6 is 0 Å². The van der Waals surface area contributed by atoms with Gasteiger partial charge in [-0.3, -0.25) is 4.79 Å². The zero-order valence-corrected chi connectivity index (χ0v) is 19.5. The van der Waals surface area contributed by atoms with Crippen molar-refractivity contribution in [3.8, 4) is 0 Å². The van der Waals surface area contributed by atoms with E-state index in [9.17, 15) is 26.4 Å². The van der Waals surface area contributed by atoms with E-state index in [-0.39, 0.29) is 28.8 Å². The SMILES string of the molecule is NC(C(=O)N1CCC(N(C2CC2)S(=O)(=O)c2cccc(C(F)(F)F)c2)CC1)C1CCCCC1. The summed E-state index contributed by atoms with van der Waals surface area (Å²) in [7, 11) is -4.09. The molecule has 10 heteroatoms. The Kier molecular flexibility index (Phi) is 7.08. The average molecular weight is 488 g/mol. The first kappa shape index (κ1) is 24.5. The molecule has 0 spiro atoms. The van der Waals surface area contributed by atoms with E-state index in [1.165, 1.54) is 16.8 Å². The van der Waals surface area contributed by atoms with Crippen molar-refractivity contribution in [3.63, 3.8) is 0 Å². The highest BCUT2D eigenvalue weighted by molar-refractivity contribution is 7.89. The lowest BCUT2D eigenvalue weighted by Crippen LogP contribution is -2.54. The smallest absolute Gasteiger partial charge is 0.341 e. The molecule has 1 unspecified atom stereocenters. The summed E-state index contributed by atoms with van der Waals surface area (Å²) in [5.41, 5.74) is 5.31. The van der Waals surface area contributed by atoms with Crippen molar-refractivity contribution in [1.82, 2.24) is 9.21 Å². The number of sulfonamides is 1. The molecule has 1 aromatic carbocycles. The van der Waals surface area contributed by atoms with Crippen LogP contribution in [0.3, 0.4) is 0 Å². The molecule has 3 fully saturated rings. The van der Waals surface area contributed by atoms with Crippen LogP contribution in [0.5, 0.6) is 0 Å². The first-order valence-electron chi connectivity index (χ1n) is 11.8. The number of benzene rings is 1. The van der Waals surface area contributed by atoms with Gasteiger partial charge in [-0.2, -0.15) is 17.5 Å². The Morgan fingerprint density at radius 2 is 1.61 bits per heavy atom. The molecule has 0 bridgehead atoms. The number of carbonyl (C=O) groups excluding carboxylic acids is 1. The normalized spacial score (nSPS) is 22.5. The summed E-state index contributed by atoms with van der Waals surface area (Å²) in [6.45, 7) is 0.816. The van der Waals surface area contributed by atoms with E-state index in [0.29, 0.717) is 44.8 Å². The number of likely N-dealkylation sites (tertiary alicyclic amines) is 1. The van der Waals surface area contributed by atoms with Gasteiger partial charge in [0.25, 0.3) is 0 Å². The minimum atomic E-state index is -4.61. The quantitative estimate of drug-likeness (QED) is 0.662. The highest BCUT2D eigenvalue weighted by Crippen LogP contribution is 2.38. The monoisotopic (exact) mass is 487 g/mol. The van der Waals surface area contributed by atoms with Crippen molar-refractivity contribution >= 4 is 15.9 Å². The Morgan fingerprint density at radius 3 is 2.18 bits per heavy atom. The number of alkyl halides is 3. The highest BCUT2D eigenvalue weighted by atomic mass is 32.2. The largest absolute Gasteiger partial charge is 0.416 e. The minimum absolute atomic E-state index is 0.0703. The van der Waals surface area contributed by atoms with Gasteiger partial charge in [0.2, 0.25) is 15.9 Å². The maximum Gasteiger partial charge on any atom is 0.416 e. The zero-order valence-electron chi connectivity index (χ0n) is 18.6. The van der Waals surface area contributed by atoms with Crippen LogP contribution < -0.4 is 5.73 Å². The molecule has 1 atom stereocenters. The van der Waals surface area contributed by atoms with Crippen LogP contribution in [0.2, 0.25) is 0 Å². The lowest BCUT2D eigenvalue weighted by Gasteiger charge is -2.39. The molecule has 1 aliphatic heterocycles. The van der Waals surface area contributed by atoms with Crippen molar-refractivity contribution in [2.45, 2.75) is 87.0 Å². The number of nitrogens with two attached hydrogens (primary N) is 1. The van der Waals surface area contributed by atoms with Gasteiger partial charge in [0, 0.05) is 25.2 Å². The van der Waals surface area contributed by atoms with Gasteiger partial charge >= 0.3 is 6.18 Å². The van der Waals surface area contributed by atoms with Gasteiger partial charge < -0.3 is 10.6 Å². The van der Waals surface area contributed by atoms with E-state index >= 15 is 0 Å². The molecule has 33 heavy (non-hydrogen) atoms. The Labute approximate surface area is 193 Å². The maximum atomic E-state index is 13.4. The van der Waals surface area contributed by atoms with Gasteiger partial charge in [0.1, 0.15) is 0 Å². The van der Waals surface area contributed by atoms with E-state index in [0.717, 1.165) is 37.8 Å². The van der Waals surface area contributed by atoms with Gasteiger partial charge in [-0.15, -0.1) is 0 Å². The van der Waals surface area contributed by atoms with Crippen molar-refractivity contribution < 1.29 is 26.4 Å². The lowest BCUT2D eigenvalue weighted by atomic mass is 9.83. The van der Waals surface area contributed by atoms with Crippen molar-refractivity contribution in [1.29, 1.82) is 0 Å². The topological polar surface area (TPSA) is 83.7 Å². The Bertz CT molecular complexity index is 951. The molecule has 6 nitrogen and oxygen atoms in total. The summed E-state index contributed by atoms with van der Waals surface area (Å²) in [4.78, 5) is 14.3. The molecular formula is C23H32F3N3O3S. The predicted octanol–water partition coefficient (Wildman–Crippen LogP) is 3.76. The molecule has 1 aromatic rings. The fraction of sp³-hybridized carbons (Fsp3) is 0.696. The number of rotatable bonds is 6. The second-order valence-electron chi connectivity index (χ2n) is 9.57. The van der Waals surface area contributed by atoms with Crippen LogP contribution in [0.15, 0.2) is 29.2 Å². The van der Waals surface area contributed by atoms with E-state index in [1.54, 1.807) is 4.90 Å². The fourth-order valence-corrected chi connectivity index (χ4v) is 7.20. The van der Waals surface area contributed by atoms with E-state index < -0.39 is 27.8 Å². The van der Waals surface area contributed by atoms with Crippen LogP contribution in [0.1, 0.15) is 63.4 Å². The fourth-order valence-electron chi connectivity index (χ4n) is 5.22.